The summed E-state index contributed by atoms with van der Waals surface area (Å²) in [5.41, 5.74) is 0.456. The molecule has 26 heavy (non-hydrogen) atoms. The minimum atomic E-state index is -0.121. The molecular formula is C19H24Cl2N2O3. The highest BCUT2D eigenvalue weighted by molar-refractivity contribution is 6.39. The lowest BCUT2D eigenvalue weighted by Gasteiger charge is -2.27. The van der Waals surface area contributed by atoms with Crippen LogP contribution in [-0.2, 0) is 14.3 Å². The summed E-state index contributed by atoms with van der Waals surface area (Å²) >= 11 is 12.2. The largest absolute Gasteiger partial charge is 0.376 e. The van der Waals surface area contributed by atoms with Crippen molar-refractivity contribution in [1.29, 1.82) is 0 Å². The molecule has 2 aliphatic rings. The zero-order chi connectivity index (χ0) is 18.5. The number of carbonyl (C=O) groups is 2. The number of carbonyl (C=O) groups excluding carboxylic acids is 2. The van der Waals surface area contributed by atoms with Crippen molar-refractivity contribution < 1.29 is 14.3 Å². The summed E-state index contributed by atoms with van der Waals surface area (Å²) in [6, 6.07) is 5.12. The minimum Gasteiger partial charge on any atom is -0.376 e. The molecule has 3 rings (SSSR count). The molecule has 1 saturated carbocycles. The van der Waals surface area contributed by atoms with Gasteiger partial charge in [0.25, 0.3) is 0 Å². The summed E-state index contributed by atoms with van der Waals surface area (Å²) in [6.45, 7) is 1.38. The Balaban J connectivity index is 1.45. The molecule has 1 aliphatic heterocycles. The summed E-state index contributed by atoms with van der Waals surface area (Å²) in [7, 11) is 0. The number of amides is 2. The third-order valence-corrected chi connectivity index (χ3v) is 5.84. The Labute approximate surface area is 163 Å². The van der Waals surface area contributed by atoms with Crippen molar-refractivity contribution in [3.8, 4) is 0 Å². The number of hydrogen-bond acceptors (Lipinski definition) is 3. The molecule has 1 aliphatic carbocycles. The first-order valence-electron chi connectivity index (χ1n) is 9.19. The molecule has 0 aromatic heterocycles. The van der Waals surface area contributed by atoms with E-state index in [1.165, 1.54) is 0 Å². The van der Waals surface area contributed by atoms with Crippen LogP contribution in [0.1, 0.15) is 38.5 Å². The molecule has 1 heterocycles. The Bertz CT molecular complexity index is 634. The summed E-state index contributed by atoms with van der Waals surface area (Å²) in [4.78, 5) is 24.8. The molecule has 2 N–H and O–H groups in total. The number of rotatable bonds is 5. The van der Waals surface area contributed by atoms with E-state index >= 15 is 0 Å². The van der Waals surface area contributed by atoms with Crippen molar-refractivity contribution in [3.05, 3.63) is 28.2 Å². The predicted octanol–water partition coefficient (Wildman–Crippen LogP) is 4.03. The molecular weight excluding hydrogens is 375 g/mol. The van der Waals surface area contributed by atoms with Crippen molar-refractivity contribution in [2.24, 2.45) is 11.8 Å². The molecule has 0 bridgehead atoms. The van der Waals surface area contributed by atoms with Gasteiger partial charge in [0.15, 0.2) is 0 Å². The Morgan fingerprint density at radius 3 is 2.19 bits per heavy atom. The molecule has 2 fully saturated rings. The molecule has 5 nitrogen and oxygen atoms in total. The van der Waals surface area contributed by atoms with E-state index in [0.717, 1.165) is 19.4 Å². The van der Waals surface area contributed by atoms with E-state index in [-0.39, 0.29) is 29.8 Å². The van der Waals surface area contributed by atoms with Gasteiger partial charge in [0.1, 0.15) is 0 Å². The summed E-state index contributed by atoms with van der Waals surface area (Å²) in [5.74, 6) is -0.152. The number of anilines is 1. The lowest BCUT2D eigenvalue weighted by atomic mass is 9.81. The van der Waals surface area contributed by atoms with Crippen LogP contribution >= 0.6 is 23.2 Å². The predicted molar refractivity (Wildman–Crippen MR) is 103 cm³/mol. The summed E-state index contributed by atoms with van der Waals surface area (Å²) < 4.78 is 5.53. The van der Waals surface area contributed by atoms with Gasteiger partial charge in [-0.3, -0.25) is 9.59 Å². The lowest BCUT2D eigenvalue weighted by molar-refractivity contribution is -0.128. The van der Waals surface area contributed by atoms with Crippen LogP contribution in [0, 0.1) is 11.8 Å². The van der Waals surface area contributed by atoms with Gasteiger partial charge < -0.3 is 15.4 Å². The van der Waals surface area contributed by atoms with E-state index < -0.39 is 0 Å². The van der Waals surface area contributed by atoms with Crippen LogP contribution in [0.2, 0.25) is 10.0 Å². The number of hydrogen-bond donors (Lipinski definition) is 2. The Morgan fingerprint density at radius 1 is 1.00 bits per heavy atom. The van der Waals surface area contributed by atoms with E-state index in [4.69, 9.17) is 27.9 Å². The Kier molecular flexibility index (Phi) is 6.79. The maximum Gasteiger partial charge on any atom is 0.227 e. The van der Waals surface area contributed by atoms with Crippen LogP contribution in [0.4, 0.5) is 5.69 Å². The first-order valence-corrected chi connectivity index (χ1v) is 9.94. The first kappa shape index (κ1) is 19.5. The van der Waals surface area contributed by atoms with E-state index in [2.05, 4.69) is 10.6 Å². The van der Waals surface area contributed by atoms with Crippen LogP contribution in [0.25, 0.3) is 0 Å². The van der Waals surface area contributed by atoms with Crippen molar-refractivity contribution >= 4 is 40.7 Å². The minimum absolute atomic E-state index is 0.0237. The van der Waals surface area contributed by atoms with Crippen LogP contribution in [-0.4, -0.2) is 31.1 Å². The molecule has 2 amide bonds. The maximum atomic E-state index is 12.5. The highest BCUT2D eigenvalue weighted by Gasteiger charge is 2.30. The topological polar surface area (TPSA) is 67.4 Å². The molecule has 1 aromatic rings. The van der Waals surface area contributed by atoms with Gasteiger partial charge in [-0.05, 0) is 50.7 Å². The van der Waals surface area contributed by atoms with Gasteiger partial charge in [-0.2, -0.15) is 0 Å². The Morgan fingerprint density at radius 2 is 1.62 bits per heavy atom. The molecule has 1 saturated heterocycles. The zero-order valence-electron chi connectivity index (χ0n) is 14.6. The van der Waals surface area contributed by atoms with Crippen molar-refractivity contribution in [1.82, 2.24) is 5.32 Å². The van der Waals surface area contributed by atoms with E-state index in [9.17, 15) is 9.59 Å². The van der Waals surface area contributed by atoms with Crippen molar-refractivity contribution in [2.75, 3.05) is 18.5 Å². The molecule has 0 spiro atoms. The maximum absolute atomic E-state index is 12.5. The van der Waals surface area contributed by atoms with Gasteiger partial charge in [0.2, 0.25) is 11.8 Å². The lowest BCUT2D eigenvalue weighted by Crippen LogP contribution is -2.38. The van der Waals surface area contributed by atoms with Crippen LogP contribution in [0.15, 0.2) is 18.2 Å². The second kappa shape index (κ2) is 9.07. The molecule has 1 atom stereocenters. The highest BCUT2D eigenvalue weighted by atomic mass is 35.5. The van der Waals surface area contributed by atoms with Gasteiger partial charge in [0.05, 0.1) is 21.8 Å². The number of para-hydroxylation sites is 1. The van der Waals surface area contributed by atoms with Gasteiger partial charge in [-0.1, -0.05) is 29.3 Å². The smallest absolute Gasteiger partial charge is 0.227 e. The van der Waals surface area contributed by atoms with E-state index in [0.29, 0.717) is 48.0 Å². The molecule has 142 valence electrons. The van der Waals surface area contributed by atoms with Gasteiger partial charge in [0, 0.05) is 25.0 Å². The van der Waals surface area contributed by atoms with Crippen LogP contribution < -0.4 is 10.6 Å². The molecule has 1 unspecified atom stereocenters. The number of nitrogens with one attached hydrogen (secondary N) is 2. The van der Waals surface area contributed by atoms with E-state index in [1.54, 1.807) is 18.2 Å². The average Bonchev–Trinajstić information content (AvgIpc) is 3.16. The third kappa shape index (κ3) is 4.90. The standard InChI is InChI=1S/C19H24Cl2N2O3/c20-15-4-1-5-16(21)17(15)23-19(25)13-8-6-12(7-9-13)18(24)22-11-14-3-2-10-26-14/h1,4-5,12-14H,2-3,6-11H2,(H,22,24)(H,23,25). The van der Waals surface area contributed by atoms with Crippen molar-refractivity contribution in [2.45, 2.75) is 44.6 Å². The highest BCUT2D eigenvalue weighted by Crippen LogP contribution is 2.33. The second-order valence-corrected chi connectivity index (χ2v) is 7.83. The summed E-state index contributed by atoms with van der Waals surface area (Å²) in [6.07, 6.45) is 5.03. The fourth-order valence-corrected chi connectivity index (χ4v) is 4.12. The normalized spacial score (nSPS) is 25.7. The average molecular weight is 399 g/mol. The fourth-order valence-electron chi connectivity index (χ4n) is 3.62. The van der Waals surface area contributed by atoms with Crippen LogP contribution in [0.5, 0.6) is 0 Å². The first-order chi connectivity index (χ1) is 12.5. The number of benzene rings is 1. The van der Waals surface area contributed by atoms with Gasteiger partial charge in [-0.15, -0.1) is 0 Å². The Hall–Kier alpha value is -1.30. The molecule has 7 heteroatoms. The SMILES string of the molecule is O=C(NCC1CCCO1)C1CCC(C(=O)Nc2c(Cl)cccc2Cl)CC1. The quantitative estimate of drug-likeness (QED) is 0.786. The second-order valence-electron chi connectivity index (χ2n) is 7.01. The zero-order valence-corrected chi connectivity index (χ0v) is 16.1. The van der Waals surface area contributed by atoms with Gasteiger partial charge in [-0.25, -0.2) is 0 Å². The monoisotopic (exact) mass is 398 g/mol. The molecule has 0 radical (unpaired) electrons. The number of ether oxygens (including phenoxy) is 1. The molecule has 1 aromatic carbocycles. The van der Waals surface area contributed by atoms with Gasteiger partial charge >= 0.3 is 0 Å². The van der Waals surface area contributed by atoms with Crippen molar-refractivity contribution in [3.63, 3.8) is 0 Å². The summed E-state index contributed by atoms with van der Waals surface area (Å²) in [5, 5.41) is 6.68. The fraction of sp³-hybridized carbons (Fsp3) is 0.579. The third-order valence-electron chi connectivity index (χ3n) is 5.21. The van der Waals surface area contributed by atoms with E-state index in [1.807, 2.05) is 0 Å². The number of halogens is 2. The van der Waals surface area contributed by atoms with Crippen LogP contribution in [0.3, 0.4) is 0 Å².